The van der Waals surface area contributed by atoms with Gasteiger partial charge in [-0.1, -0.05) is 122 Å². The highest BCUT2D eigenvalue weighted by Gasteiger charge is 2.19. The van der Waals surface area contributed by atoms with Crippen LogP contribution in [-0.4, -0.2) is 19.3 Å². The summed E-state index contributed by atoms with van der Waals surface area (Å²) >= 11 is 0. The minimum Gasteiger partial charge on any atom is -0.379 e. The molecule has 2 heteroatoms. The summed E-state index contributed by atoms with van der Waals surface area (Å²) in [4.78, 5) is 0. The largest absolute Gasteiger partial charge is 0.379 e. The van der Waals surface area contributed by atoms with Crippen LogP contribution in [0.1, 0.15) is 117 Å². The Kier molecular flexibility index (Phi) is 17.4. The van der Waals surface area contributed by atoms with Gasteiger partial charge >= 0.3 is 0 Å². The molecule has 0 aliphatic rings. The molecule has 0 bridgehead atoms. The van der Waals surface area contributed by atoms with Gasteiger partial charge in [-0.25, -0.2) is 0 Å². The number of benzene rings is 1. The van der Waals surface area contributed by atoms with Crippen LogP contribution in [0.15, 0.2) is 42.5 Å². The van der Waals surface area contributed by atoms with Crippen molar-refractivity contribution < 1.29 is 9.47 Å². The summed E-state index contributed by atoms with van der Waals surface area (Å²) in [7, 11) is 0. The Balaban J connectivity index is 2.07. The van der Waals surface area contributed by atoms with E-state index in [1.165, 1.54) is 69.8 Å². The zero-order valence-electron chi connectivity index (χ0n) is 22.6. The topological polar surface area (TPSA) is 18.5 Å². The van der Waals surface area contributed by atoms with Gasteiger partial charge in [0.15, 0.2) is 0 Å². The van der Waals surface area contributed by atoms with Crippen molar-refractivity contribution in [2.75, 3.05) is 13.2 Å². The average Bonchev–Trinajstić information content (AvgIpc) is 2.78. The van der Waals surface area contributed by atoms with Crippen molar-refractivity contribution in [3.8, 4) is 0 Å². The molecule has 2 nitrogen and oxygen atoms in total. The fourth-order valence-electron chi connectivity index (χ4n) is 4.17. The van der Waals surface area contributed by atoms with Gasteiger partial charge in [-0.3, -0.25) is 0 Å². The molecule has 0 aliphatic heterocycles. The van der Waals surface area contributed by atoms with Gasteiger partial charge in [0.25, 0.3) is 0 Å². The number of ether oxygens (including phenoxy) is 2. The van der Waals surface area contributed by atoms with Crippen LogP contribution in [0.25, 0.3) is 0 Å². The van der Waals surface area contributed by atoms with Crippen LogP contribution in [0.5, 0.6) is 0 Å². The Hall–Kier alpha value is -1.12. The molecule has 2 atom stereocenters. The summed E-state index contributed by atoms with van der Waals surface area (Å²) < 4.78 is 12.2. The second kappa shape index (κ2) is 19.2. The van der Waals surface area contributed by atoms with Crippen molar-refractivity contribution in [2.45, 2.75) is 124 Å². The molecule has 33 heavy (non-hydrogen) atoms. The molecule has 0 aromatic heterocycles. The van der Waals surface area contributed by atoms with E-state index in [0.717, 1.165) is 25.4 Å². The molecule has 0 aliphatic carbocycles. The van der Waals surface area contributed by atoms with E-state index >= 15 is 0 Å². The first-order valence-corrected chi connectivity index (χ1v) is 13.8. The van der Waals surface area contributed by atoms with Crippen molar-refractivity contribution in [3.05, 3.63) is 48.0 Å². The van der Waals surface area contributed by atoms with Gasteiger partial charge in [-0.2, -0.15) is 0 Å². The van der Waals surface area contributed by atoms with Gasteiger partial charge < -0.3 is 9.47 Å². The van der Waals surface area contributed by atoms with E-state index in [2.05, 4.69) is 71.0 Å². The Morgan fingerprint density at radius 2 is 1.58 bits per heavy atom. The third kappa shape index (κ3) is 18.9. The van der Waals surface area contributed by atoms with Crippen LogP contribution in [0, 0.1) is 11.3 Å². The minimum absolute atomic E-state index is 0.157. The van der Waals surface area contributed by atoms with E-state index in [0.29, 0.717) is 13.2 Å². The summed E-state index contributed by atoms with van der Waals surface area (Å²) in [5, 5.41) is 0. The van der Waals surface area contributed by atoms with Crippen molar-refractivity contribution in [2.24, 2.45) is 11.3 Å². The molecule has 0 radical (unpaired) electrons. The first-order chi connectivity index (χ1) is 15.9. The Morgan fingerprint density at radius 1 is 0.879 bits per heavy atom. The van der Waals surface area contributed by atoms with Gasteiger partial charge in [0, 0.05) is 6.61 Å². The molecule has 0 fully saturated rings. The summed E-state index contributed by atoms with van der Waals surface area (Å²) in [6.07, 6.45) is 20.5. The van der Waals surface area contributed by atoms with Gasteiger partial charge in [-0.15, -0.1) is 0 Å². The molecule has 0 heterocycles. The van der Waals surface area contributed by atoms with Crippen molar-refractivity contribution in [1.82, 2.24) is 0 Å². The van der Waals surface area contributed by atoms with Crippen LogP contribution in [0.2, 0.25) is 0 Å². The second-order valence-electron chi connectivity index (χ2n) is 11.1. The first kappa shape index (κ1) is 29.9. The maximum Gasteiger partial charge on any atom is 0.0818 e. The van der Waals surface area contributed by atoms with E-state index in [-0.39, 0.29) is 11.5 Å². The quantitative estimate of drug-likeness (QED) is 0.143. The predicted molar refractivity (Wildman–Crippen MR) is 145 cm³/mol. The van der Waals surface area contributed by atoms with Gasteiger partial charge in [0.05, 0.1) is 19.3 Å². The first-order valence-electron chi connectivity index (χ1n) is 13.8. The highest BCUT2D eigenvalue weighted by atomic mass is 16.5. The Labute approximate surface area is 206 Å². The van der Waals surface area contributed by atoms with Crippen LogP contribution in [-0.2, 0) is 16.1 Å². The number of rotatable bonds is 20. The molecule has 1 aromatic rings. The van der Waals surface area contributed by atoms with E-state index in [1.54, 1.807) is 0 Å². The molecule has 0 N–H and O–H groups in total. The maximum absolute atomic E-state index is 6.21. The summed E-state index contributed by atoms with van der Waals surface area (Å²) in [5.41, 5.74) is 1.47. The zero-order valence-corrected chi connectivity index (χ0v) is 22.6. The molecule has 0 saturated heterocycles. The van der Waals surface area contributed by atoms with Crippen LogP contribution >= 0.6 is 0 Å². The lowest BCUT2D eigenvalue weighted by Crippen LogP contribution is -2.26. The van der Waals surface area contributed by atoms with Crippen molar-refractivity contribution in [3.63, 3.8) is 0 Å². The molecule has 1 rings (SSSR count). The SMILES string of the molecule is CCCCCCC/C=C/C(C)CCCCCCOCC(CC(C)(C)C)OCc1ccccc1. The molecule has 0 amide bonds. The van der Waals surface area contributed by atoms with Crippen molar-refractivity contribution in [1.29, 1.82) is 0 Å². The van der Waals surface area contributed by atoms with Crippen LogP contribution in [0.4, 0.5) is 0 Å². The van der Waals surface area contributed by atoms with Crippen LogP contribution in [0.3, 0.4) is 0 Å². The van der Waals surface area contributed by atoms with E-state index < -0.39 is 0 Å². The summed E-state index contributed by atoms with van der Waals surface area (Å²) in [6.45, 7) is 13.7. The molecular weight excluding hydrogens is 404 g/mol. The van der Waals surface area contributed by atoms with Gasteiger partial charge in [-0.05, 0) is 49.0 Å². The maximum atomic E-state index is 6.21. The molecule has 0 saturated carbocycles. The van der Waals surface area contributed by atoms with Gasteiger partial charge in [0.1, 0.15) is 0 Å². The number of allylic oxidation sites excluding steroid dienone is 2. The van der Waals surface area contributed by atoms with Crippen molar-refractivity contribution >= 4 is 0 Å². The second-order valence-corrected chi connectivity index (χ2v) is 11.1. The summed E-state index contributed by atoms with van der Waals surface area (Å²) in [5.74, 6) is 0.719. The summed E-state index contributed by atoms with van der Waals surface area (Å²) in [6, 6.07) is 10.4. The number of unbranched alkanes of at least 4 members (excludes halogenated alkanes) is 8. The minimum atomic E-state index is 0.157. The third-order valence-electron chi connectivity index (χ3n) is 6.11. The predicted octanol–water partition coefficient (Wildman–Crippen LogP) is 9.53. The molecule has 0 spiro atoms. The standard InChI is InChI=1S/C31H54O2/c1-6-7-8-9-10-11-15-20-28(2)21-16-12-13-19-24-32-27-30(25-31(3,4)5)33-26-29-22-17-14-18-23-29/h14-15,17-18,20,22-23,28,30H,6-13,16,19,21,24-27H2,1-5H3/b20-15+. The zero-order chi connectivity index (χ0) is 24.2. The third-order valence-corrected chi connectivity index (χ3v) is 6.11. The van der Waals surface area contributed by atoms with E-state index in [4.69, 9.17) is 9.47 Å². The highest BCUT2D eigenvalue weighted by molar-refractivity contribution is 5.13. The average molecular weight is 459 g/mol. The van der Waals surface area contributed by atoms with E-state index in [1.807, 2.05) is 6.07 Å². The lowest BCUT2D eigenvalue weighted by molar-refractivity contribution is -0.0430. The molecule has 2 unspecified atom stereocenters. The number of hydrogen-bond donors (Lipinski definition) is 0. The van der Waals surface area contributed by atoms with Crippen LogP contribution < -0.4 is 0 Å². The smallest absolute Gasteiger partial charge is 0.0818 e. The van der Waals surface area contributed by atoms with Gasteiger partial charge in [0.2, 0.25) is 0 Å². The molecular formula is C31H54O2. The highest BCUT2D eigenvalue weighted by Crippen LogP contribution is 2.23. The Bertz CT molecular complexity index is 572. The lowest BCUT2D eigenvalue weighted by Gasteiger charge is -2.26. The monoisotopic (exact) mass is 458 g/mol. The fraction of sp³-hybridized carbons (Fsp3) is 0.742. The molecule has 1 aromatic carbocycles. The van der Waals surface area contributed by atoms with E-state index in [9.17, 15) is 0 Å². The number of hydrogen-bond acceptors (Lipinski definition) is 2. The fourth-order valence-corrected chi connectivity index (χ4v) is 4.17. The normalized spacial score (nSPS) is 14.1. The Morgan fingerprint density at radius 3 is 2.30 bits per heavy atom. The molecule has 190 valence electrons. The lowest BCUT2D eigenvalue weighted by atomic mass is 9.89.